The maximum Gasteiger partial charge on any atom is 0.268 e. The molecule has 0 radical (unpaired) electrons. The van der Waals surface area contributed by atoms with E-state index in [1.807, 2.05) is 24.3 Å². The Morgan fingerprint density at radius 2 is 0.814 bits per heavy atom. The van der Waals surface area contributed by atoms with Gasteiger partial charge in [-0.1, -0.05) is 124 Å². The summed E-state index contributed by atoms with van der Waals surface area (Å²) in [5.74, 6) is 1.99. The quantitative estimate of drug-likeness (QED) is 0.107. The number of aryl methyl sites for hydroxylation is 4. The number of hydrogen-bond donors (Lipinski definition) is 0. The minimum Gasteiger partial charge on any atom is -0.511 e. The molecule has 0 saturated heterocycles. The maximum atomic E-state index is 6.60. The van der Waals surface area contributed by atoms with Crippen LogP contribution >= 0.6 is 0 Å². The molecule has 0 bridgehead atoms. The monoisotopic (exact) mass is 1280 g/mol. The van der Waals surface area contributed by atoms with Crippen molar-refractivity contribution in [1.29, 1.82) is 0 Å². The first kappa shape index (κ1) is 49.9. The van der Waals surface area contributed by atoms with Crippen molar-refractivity contribution in [3.8, 4) is 57.1 Å². The fourth-order valence-corrected chi connectivity index (χ4v) is 8.63. The summed E-state index contributed by atoms with van der Waals surface area (Å²) >= 11 is 0. The fraction of sp³-hybridized carbons (Fsp3) is 0.200. The number of aromatic nitrogens is 6. The molecule has 0 aliphatic carbocycles. The van der Waals surface area contributed by atoms with Crippen molar-refractivity contribution in [3.05, 3.63) is 204 Å². The number of nitrogens with zero attached hydrogens (tertiary/aromatic N) is 6. The van der Waals surface area contributed by atoms with E-state index >= 15 is 0 Å². The van der Waals surface area contributed by atoms with Crippen LogP contribution in [0.25, 0.3) is 56.2 Å². The second kappa shape index (κ2) is 19.7. The summed E-state index contributed by atoms with van der Waals surface area (Å²) in [6.45, 7) is 21.6. The average Bonchev–Trinajstić information content (AvgIpc) is 3.88. The van der Waals surface area contributed by atoms with Gasteiger partial charge in [0.2, 0.25) is 0 Å². The molecule has 10 aromatic rings. The van der Waals surface area contributed by atoms with Gasteiger partial charge in [-0.2, -0.15) is 35.4 Å². The number of hydrogen-bond acceptors (Lipinski definition) is 4. The van der Waals surface area contributed by atoms with Crippen LogP contribution in [0.2, 0.25) is 0 Å². The minimum absolute atomic E-state index is 0. The number of imidazole rings is 2. The zero-order valence-electron chi connectivity index (χ0n) is 40.8. The molecule has 0 fully saturated rings. The summed E-state index contributed by atoms with van der Waals surface area (Å²) in [5, 5.41) is 0. The smallest absolute Gasteiger partial charge is 0.268 e. The fourth-order valence-electron chi connectivity index (χ4n) is 8.63. The Balaban J connectivity index is 0.00000329. The van der Waals surface area contributed by atoms with Crippen molar-refractivity contribution in [2.75, 3.05) is 0 Å². The molecular weight excluding hydrogens is 1230 g/mol. The Morgan fingerprint density at radius 1 is 0.443 bits per heavy atom. The normalized spacial score (nSPS) is 11.6. The predicted molar refractivity (Wildman–Crippen MR) is 267 cm³/mol. The second-order valence-corrected chi connectivity index (χ2v) is 19.7. The van der Waals surface area contributed by atoms with Crippen LogP contribution in [-0.2, 0) is 53.0 Å². The van der Waals surface area contributed by atoms with E-state index in [0.29, 0.717) is 34.4 Å². The number of para-hydroxylation sites is 4. The van der Waals surface area contributed by atoms with Crippen LogP contribution in [0, 0.1) is 64.6 Å². The van der Waals surface area contributed by atoms with Gasteiger partial charge in [-0.25, -0.2) is 0 Å². The standard InChI is InChI=1S/C60H52N6O2.2Pt/c1-39-23-40(2)26-45(25-39)63-37-65(57-17-13-11-15-55(57)63)47-29-43(59(5,6)7)31-51(33-47)67-49-19-21-61-53(35-49)54-36-50(20-22-62-54)68-52-32-44(60(8,9)10)30-48(34-52)66-38-64(56-16-12-14-18-58(56)66)46-27-41(3)24-42(4)28-46;;/h11-32H,1-10H3;;/q-4;;. The Bertz CT molecular complexity index is 3290. The van der Waals surface area contributed by atoms with Gasteiger partial charge in [-0.15, -0.1) is 47.8 Å². The first-order valence-electron chi connectivity index (χ1n) is 22.9. The second-order valence-electron chi connectivity index (χ2n) is 19.7. The summed E-state index contributed by atoms with van der Waals surface area (Å²) in [5.41, 5.74) is 15.2. The van der Waals surface area contributed by atoms with Gasteiger partial charge < -0.3 is 28.6 Å². The molecule has 70 heavy (non-hydrogen) atoms. The van der Waals surface area contributed by atoms with Gasteiger partial charge in [-0.05, 0) is 86.6 Å². The van der Waals surface area contributed by atoms with Crippen molar-refractivity contribution in [2.24, 2.45) is 0 Å². The molecule has 8 nitrogen and oxygen atoms in total. The number of benzene rings is 6. The van der Waals surface area contributed by atoms with Crippen molar-refractivity contribution in [3.63, 3.8) is 0 Å². The Morgan fingerprint density at radius 3 is 1.19 bits per heavy atom. The van der Waals surface area contributed by atoms with Gasteiger partial charge in [0, 0.05) is 65.1 Å². The molecule has 0 N–H and O–H groups in total. The third-order valence-corrected chi connectivity index (χ3v) is 11.9. The Labute approximate surface area is 440 Å². The van der Waals surface area contributed by atoms with E-state index in [0.717, 1.165) is 55.9 Å². The molecule has 10 rings (SSSR count). The predicted octanol–water partition coefficient (Wildman–Crippen LogP) is 12.8. The van der Waals surface area contributed by atoms with E-state index in [-0.39, 0.29) is 53.0 Å². The summed E-state index contributed by atoms with van der Waals surface area (Å²) in [4.78, 5) is 9.28. The summed E-state index contributed by atoms with van der Waals surface area (Å²) < 4.78 is 21.5. The van der Waals surface area contributed by atoms with Crippen LogP contribution in [0.15, 0.2) is 134 Å². The Kier molecular flexibility index (Phi) is 14.1. The molecular formula is C60H52N6O2Pt2-4. The van der Waals surface area contributed by atoms with Crippen LogP contribution in [0.4, 0.5) is 0 Å². The molecule has 4 heterocycles. The minimum atomic E-state index is -0.192. The average molecular weight is 1280 g/mol. The van der Waals surface area contributed by atoms with Crippen molar-refractivity contribution < 1.29 is 60.7 Å². The van der Waals surface area contributed by atoms with Crippen LogP contribution in [0.1, 0.15) is 74.9 Å². The molecule has 0 amide bonds. The molecule has 0 aliphatic rings. The van der Waals surface area contributed by atoms with Crippen LogP contribution in [-0.4, -0.2) is 19.1 Å². The number of pyridine rings is 2. The van der Waals surface area contributed by atoms with Gasteiger partial charge in [0.05, 0.1) is 33.4 Å². The molecule has 6 aromatic carbocycles. The molecule has 0 spiro atoms. The molecule has 0 saturated carbocycles. The van der Waals surface area contributed by atoms with E-state index in [4.69, 9.17) is 9.47 Å². The third kappa shape index (κ3) is 10.4. The molecule has 4 aromatic heterocycles. The first-order chi connectivity index (χ1) is 32.5. The maximum absolute atomic E-state index is 6.60. The first-order valence-corrected chi connectivity index (χ1v) is 22.9. The van der Waals surface area contributed by atoms with Crippen LogP contribution < -0.4 is 18.6 Å². The van der Waals surface area contributed by atoms with Gasteiger partial charge in [0.25, 0.3) is 12.7 Å². The van der Waals surface area contributed by atoms with Crippen LogP contribution in [0.5, 0.6) is 23.0 Å². The van der Waals surface area contributed by atoms with Crippen molar-refractivity contribution in [1.82, 2.24) is 19.1 Å². The summed E-state index contributed by atoms with van der Waals surface area (Å²) in [6, 6.07) is 55.5. The van der Waals surface area contributed by atoms with Crippen LogP contribution in [0.3, 0.4) is 0 Å². The van der Waals surface area contributed by atoms with Gasteiger partial charge in [-0.3, -0.25) is 9.13 Å². The molecule has 0 aliphatic heterocycles. The number of ether oxygens (including phenoxy) is 2. The van der Waals surface area contributed by atoms with Gasteiger partial charge >= 0.3 is 0 Å². The van der Waals surface area contributed by atoms with E-state index in [1.165, 1.54) is 22.3 Å². The van der Waals surface area contributed by atoms with Crippen molar-refractivity contribution >= 4 is 22.1 Å². The van der Waals surface area contributed by atoms with Gasteiger partial charge in [0.1, 0.15) is 0 Å². The van der Waals surface area contributed by atoms with Crippen molar-refractivity contribution in [2.45, 2.75) is 80.1 Å². The zero-order chi connectivity index (χ0) is 47.5. The van der Waals surface area contributed by atoms with E-state index in [1.54, 1.807) is 24.5 Å². The third-order valence-electron chi connectivity index (χ3n) is 11.9. The Hall–Kier alpha value is -6.46. The van der Waals surface area contributed by atoms with E-state index in [2.05, 4.69) is 219 Å². The summed E-state index contributed by atoms with van der Waals surface area (Å²) in [7, 11) is 0. The SMILES string of the molecule is Cc1cc(C)cc(-n2[c-][n+](-c3[c-]c(Oc4[c-]c(-c5[c-]c(Oc6[c-]c(-[n+]7[c-]n(-c8cc(C)cc(C)c8)c8ccccc87)cc(C(C)(C)C)c6)ccn5)ncc4)cc(C(C)(C)C)c3)c3ccccc32)c1.[Pt].[Pt]. The van der Waals surface area contributed by atoms with Gasteiger partial charge in [0.15, 0.2) is 0 Å². The molecule has 0 atom stereocenters. The summed E-state index contributed by atoms with van der Waals surface area (Å²) in [6.07, 6.45) is 10.7. The number of rotatable bonds is 9. The topological polar surface area (TPSA) is 61.9 Å². The molecule has 0 unspecified atom stereocenters. The molecule has 358 valence electrons. The van der Waals surface area contributed by atoms with E-state index in [9.17, 15) is 0 Å². The molecule has 10 heteroatoms. The largest absolute Gasteiger partial charge is 0.511 e. The van der Waals surface area contributed by atoms with E-state index < -0.39 is 0 Å². The number of fused-ring (bicyclic) bond motifs is 2. The zero-order valence-corrected chi connectivity index (χ0v) is 45.4.